The third-order valence-corrected chi connectivity index (χ3v) is 6.28. The van der Waals surface area contributed by atoms with E-state index in [1.165, 1.54) is 0 Å². The Labute approximate surface area is 171 Å². The van der Waals surface area contributed by atoms with Crippen LogP contribution in [0.25, 0.3) is 0 Å². The van der Waals surface area contributed by atoms with Crippen LogP contribution in [0.5, 0.6) is 0 Å². The highest BCUT2D eigenvalue weighted by Gasteiger charge is 2.29. The van der Waals surface area contributed by atoms with Gasteiger partial charge >= 0.3 is 0 Å². The van der Waals surface area contributed by atoms with Crippen molar-refractivity contribution in [2.75, 3.05) is 45.8 Å². The van der Waals surface area contributed by atoms with Crippen molar-refractivity contribution in [3.05, 3.63) is 0 Å². The van der Waals surface area contributed by atoms with Gasteiger partial charge in [-0.25, -0.2) is 0 Å². The Morgan fingerprint density at radius 1 is 0.929 bits per heavy atom. The highest BCUT2D eigenvalue weighted by Crippen LogP contribution is 2.21. The molecule has 0 unspecified atom stereocenters. The third-order valence-electron chi connectivity index (χ3n) is 6.28. The van der Waals surface area contributed by atoms with Crippen LogP contribution in [0.2, 0.25) is 0 Å². The number of carbonyl (C=O) groups is 2. The topological polar surface area (TPSA) is 64.7 Å². The molecule has 162 valence electrons. The van der Waals surface area contributed by atoms with E-state index >= 15 is 0 Å². The van der Waals surface area contributed by atoms with Crippen molar-refractivity contribution in [2.45, 2.75) is 71.8 Å². The van der Waals surface area contributed by atoms with Crippen molar-refractivity contribution in [1.82, 2.24) is 20.4 Å². The lowest BCUT2D eigenvalue weighted by Crippen LogP contribution is -2.48. The van der Waals surface area contributed by atoms with Crippen molar-refractivity contribution in [3.8, 4) is 0 Å². The molecule has 2 aliphatic heterocycles. The molecule has 2 N–H and O–H groups in total. The molecule has 28 heavy (non-hydrogen) atoms. The van der Waals surface area contributed by atoms with Crippen molar-refractivity contribution in [2.24, 2.45) is 11.8 Å². The minimum absolute atomic E-state index is 0.143. The van der Waals surface area contributed by atoms with Crippen molar-refractivity contribution >= 4 is 11.8 Å². The predicted octanol–water partition coefficient (Wildman–Crippen LogP) is 2.24. The van der Waals surface area contributed by atoms with Crippen LogP contribution in [0.3, 0.4) is 0 Å². The fourth-order valence-electron chi connectivity index (χ4n) is 4.43. The standard InChI is InChI=1S/C22H42N4O2/c1-4-11-23-21(27)19-8-6-13-25(16-19)15-10-18(3)26-14-7-9-20(17-26)22(28)24-12-5-2/h18-20H,4-17H2,1-3H3,(H,23,27)(H,24,28)/t18-,19+,20-/m0/s1. The Hall–Kier alpha value is -1.14. The summed E-state index contributed by atoms with van der Waals surface area (Å²) >= 11 is 0. The molecule has 0 aromatic carbocycles. The van der Waals surface area contributed by atoms with E-state index in [1.807, 2.05) is 0 Å². The molecular weight excluding hydrogens is 352 g/mol. The summed E-state index contributed by atoms with van der Waals surface area (Å²) in [5, 5.41) is 6.12. The summed E-state index contributed by atoms with van der Waals surface area (Å²) in [4.78, 5) is 29.6. The fraction of sp³-hybridized carbons (Fsp3) is 0.909. The molecule has 2 aliphatic rings. The minimum Gasteiger partial charge on any atom is -0.356 e. The van der Waals surface area contributed by atoms with E-state index in [0.29, 0.717) is 6.04 Å². The largest absolute Gasteiger partial charge is 0.356 e. The molecule has 2 fully saturated rings. The summed E-state index contributed by atoms with van der Waals surface area (Å²) in [6.45, 7) is 13.1. The van der Waals surface area contributed by atoms with Gasteiger partial charge in [0.15, 0.2) is 0 Å². The van der Waals surface area contributed by atoms with Crippen LogP contribution in [0.15, 0.2) is 0 Å². The van der Waals surface area contributed by atoms with Gasteiger partial charge in [0.1, 0.15) is 0 Å². The van der Waals surface area contributed by atoms with Gasteiger partial charge in [-0.1, -0.05) is 13.8 Å². The second-order valence-electron chi connectivity index (χ2n) is 8.69. The molecule has 0 aromatic rings. The highest BCUT2D eigenvalue weighted by molar-refractivity contribution is 5.79. The first-order chi connectivity index (χ1) is 13.5. The number of amides is 2. The summed E-state index contributed by atoms with van der Waals surface area (Å²) in [6, 6.07) is 0.482. The van der Waals surface area contributed by atoms with Crippen LogP contribution in [0.1, 0.15) is 65.7 Å². The van der Waals surface area contributed by atoms with Gasteiger partial charge in [-0.15, -0.1) is 0 Å². The molecule has 6 nitrogen and oxygen atoms in total. The maximum atomic E-state index is 12.3. The van der Waals surface area contributed by atoms with Crippen LogP contribution < -0.4 is 10.6 Å². The van der Waals surface area contributed by atoms with Crippen LogP contribution in [0, 0.1) is 11.8 Å². The van der Waals surface area contributed by atoms with Gasteiger partial charge in [0.2, 0.25) is 11.8 Å². The van der Waals surface area contributed by atoms with Crippen LogP contribution in [-0.2, 0) is 9.59 Å². The SMILES string of the molecule is CCCNC(=O)[C@@H]1CCCN(CC[C@H](C)N2CCC[C@H](C(=O)NCCC)C2)C1. The van der Waals surface area contributed by atoms with Crippen LogP contribution in [0.4, 0.5) is 0 Å². The predicted molar refractivity (Wildman–Crippen MR) is 114 cm³/mol. The zero-order chi connectivity index (χ0) is 20.4. The van der Waals surface area contributed by atoms with Crippen molar-refractivity contribution < 1.29 is 9.59 Å². The van der Waals surface area contributed by atoms with E-state index in [4.69, 9.17) is 0 Å². The molecule has 2 heterocycles. The second-order valence-corrected chi connectivity index (χ2v) is 8.69. The van der Waals surface area contributed by atoms with Gasteiger partial charge < -0.3 is 15.5 Å². The lowest BCUT2D eigenvalue weighted by Gasteiger charge is -2.38. The first-order valence-corrected chi connectivity index (χ1v) is 11.6. The molecule has 0 aliphatic carbocycles. The summed E-state index contributed by atoms with van der Waals surface area (Å²) in [5.41, 5.74) is 0. The van der Waals surface area contributed by atoms with Crippen molar-refractivity contribution in [1.29, 1.82) is 0 Å². The molecule has 0 saturated carbocycles. The number of hydrogen-bond donors (Lipinski definition) is 2. The van der Waals surface area contributed by atoms with E-state index in [0.717, 1.165) is 90.8 Å². The molecule has 3 atom stereocenters. The molecule has 0 spiro atoms. The Kier molecular flexibility index (Phi) is 10.3. The zero-order valence-electron chi connectivity index (χ0n) is 18.3. The van der Waals surface area contributed by atoms with E-state index < -0.39 is 0 Å². The van der Waals surface area contributed by atoms with Gasteiger partial charge in [0, 0.05) is 32.2 Å². The minimum atomic E-state index is 0.143. The lowest BCUT2D eigenvalue weighted by atomic mass is 9.94. The molecule has 2 rings (SSSR count). The molecule has 2 amide bonds. The van der Waals surface area contributed by atoms with E-state index in [2.05, 4.69) is 41.2 Å². The van der Waals surface area contributed by atoms with Gasteiger partial charge in [-0.2, -0.15) is 0 Å². The number of carbonyl (C=O) groups excluding carboxylic acids is 2. The zero-order valence-corrected chi connectivity index (χ0v) is 18.3. The summed E-state index contributed by atoms with van der Waals surface area (Å²) in [6.07, 6.45) is 7.34. The monoisotopic (exact) mass is 394 g/mol. The average molecular weight is 395 g/mol. The number of piperidine rings is 2. The quantitative estimate of drug-likeness (QED) is 0.596. The van der Waals surface area contributed by atoms with Gasteiger partial charge in [0.05, 0.1) is 11.8 Å². The Balaban J connectivity index is 1.74. The van der Waals surface area contributed by atoms with Gasteiger partial charge in [-0.05, 0) is 71.5 Å². The number of rotatable bonds is 10. The second kappa shape index (κ2) is 12.4. The van der Waals surface area contributed by atoms with Crippen molar-refractivity contribution in [3.63, 3.8) is 0 Å². The Morgan fingerprint density at radius 2 is 1.50 bits per heavy atom. The lowest BCUT2D eigenvalue weighted by molar-refractivity contribution is -0.127. The van der Waals surface area contributed by atoms with E-state index in [1.54, 1.807) is 0 Å². The smallest absolute Gasteiger partial charge is 0.224 e. The molecule has 6 heteroatoms. The summed E-state index contributed by atoms with van der Waals surface area (Å²) in [5.74, 6) is 0.758. The normalized spacial score (nSPS) is 25.2. The highest BCUT2D eigenvalue weighted by atomic mass is 16.2. The number of nitrogens with one attached hydrogen (secondary N) is 2. The summed E-state index contributed by atoms with van der Waals surface area (Å²) < 4.78 is 0. The molecule has 2 saturated heterocycles. The van der Waals surface area contributed by atoms with Gasteiger partial charge in [0.25, 0.3) is 0 Å². The maximum Gasteiger partial charge on any atom is 0.224 e. The fourth-order valence-corrected chi connectivity index (χ4v) is 4.43. The van der Waals surface area contributed by atoms with E-state index in [9.17, 15) is 9.59 Å². The molecule has 0 radical (unpaired) electrons. The summed E-state index contributed by atoms with van der Waals surface area (Å²) in [7, 11) is 0. The first kappa shape index (κ1) is 23.1. The van der Waals surface area contributed by atoms with Gasteiger partial charge in [-0.3, -0.25) is 14.5 Å². The first-order valence-electron chi connectivity index (χ1n) is 11.6. The van der Waals surface area contributed by atoms with Crippen LogP contribution >= 0.6 is 0 Å². The number of likely N-dealkylation sites (tertiary alicyclic amines) is 2. The molecular formula is C22H42N4O2. The Morgan fingerprint density at radius 3 is 2.11 bits per heavy atom. The number of hydrogen-bond acceptors (Lipinski definition) is 4. The van der Waals surface area contributed by atoms with Crippen LogP contribution in [-0.4, -0.2) is 73.5 Å². The Bertz CT molecular complexity index is 485. The third kappa shape index (κ3) is 7.36. The number of nitrogens with zero attached hydrogens (tertiary/aromatic N) is 2. The van der Waals surface area contributed by atoms with E-state index in [-0.39, 0.29) is 23.7 Å². The maximum absolute atomic E-state index is 12.3. The molecule has 0 aromatic heterocycles. The average Bonchev–Trinajstić information content (AvgIpc) is 2.74. The molecule has 0 bridgehead atoms.